The first-order valence-electron chi connectivity index (χ1n) is 6.05. The number of β-amino-alcohol motifs (C(OH)–C–C–N with tert-alkyl or cyclic N) is 1. The Morgan fingerprint density at radius 3 is 2.67 bits per heavy atom. The van der Waals surface area contributed by atoms with E-state index in [0.717, 1.165) is 39.0 Å². The minimum absolute atomic E-state index is 0.139. The summed E-state index contributed by atoms with van der Waals surface area (Å²) in [6.07, 6.45) is 2.09. The van der Waals surface area contributed by atoms with E-state index in [9.17, 15) is 5.11 Å². The molecule has 0 aliphatic carbocycles. The maximum Gasteiger partial charge on any atom is 0.0693 e. The second kappa shape index (κ2) is 5.28. The van der Waals surface area contributed by atoms with Gasteiger partial charge < -0.3 is 15.7 Å². The molecular formula is C12H26N2O. The molecule has 0 aromatic rings. The van der Waals surface area contributed by atoms with E-state index in [-0.39, 0.29) is 11.5 Å². The van der Waals surface area contributed by atoms with Gasteiger partial charge in [0.2, 0.25) is 0 Å². The Labute approximate surface area is 93.6 Å². The second-order valence-electron chi connectivity index (χ2n) is 5.75. The van der Waals surface area contributed by atoms with E-state index < -0.39 is 0 Å². The lowest BCUT2D eigenvalue weighted by Crippen LogP contribution is -2.44. The van der Waals surface area contributed by atoms with Crippen molar-refractivity contribution in [1.29, 1.82) is 0 Å². The molecule has 0 bridgehead atoms. The smallest absolute Gasteiger partial charge is 0.0693 e. The molecule has 3 N–H and O–H groups in total. The van der Waals surface area contributed by atoms with Gasteiger partial charge in [0.05, 0.1) is 6.10 Å². The molecule has 1 saturated heterocycles. The van der Waals surface area contributed by atoms with Crippen molar-refractivity contribution >= 4 is 0 Å². The molecule has 90 valence electrons. The van der Waals surface area contributed by atoms with Crippen molar-refractivity contribution in [2.75, 3.05) is 26.2 Å². The van der Waals surface area contributed by atoms with Gasteiger partial charge in [0.15, 0.2) is 0 Å². The van der Waals surface area contributed by atoms with E-state index in [1.165, 1.54) is 0 Å². The van der Waals surface area contributed by atoms with Gasteiger partial charge in [-0.05, 0) is 43.8 Å². The summed E-state index contributed by atoms with van der Waals surface area (Å²) >= 11 is 0. The van der Waals surface area contributed by atoms with Crippen molar-refractivity contribution in [2.24, 2.45) is 17.1 Å². The van der Waals surface area contributed by atoms with Crippen molar-refractivity contribution < 1.29 is 5.11 Å². The molecule has 0 spiro atoms. The third-order valence-corrected chi connectivity index (χ3v) is 3.66. The molecule has 0 saturated carbocycles. The molecule has 2 unspecified atom stereocenters. The molecule has 2 atom stereocenters. The monoisotopic (exact) mass is 214 g/mol. The summed E-state index contributed by atoms with van der Waals surface area (Å²) in [6, 6.07) is 0. The molecule has 15 heavy (non-hydrogen) atoms. The van der Waals surface area contributed by atoms with Gasteiger partial charge >= 0.3 is 0 Å². The van der Waals surface area contributed by atoms with Gasteiger partial charge in [0.25, 0.3) is 0 Å². The van der Waals surface area contributed by atoms with Crippen LogP contribution in [0.2, 0.25) is 0 Å². The number of likely N-dealkylation sites (tertiary alicyclic amines) is 1. The molecule has 1 aliphatic rings. The van der Waals surface area contributed by atoms with Crippen LogP contribution in [-0.4, -0.2) is 42.3 Å². The van der Waals surface area contributed by atoms with Crippen molar-refractivity contribution in [3.8, 4) is 0 Å². The van der Waals surface area contributed by atoms with Crippen molar-refractivity contribution in [2.45, 2.75) is 39.7 Å². The zero-order valence-corrected chi connectivity index (χ0v) is 10.4. The highest BCUT2D eigenvalue weighted by molar-refractivity contribution is 4.79. The Bertz CT molecular complexity index is 194. The van der Waals surface area contributed by atoms with Crippen LogP contribution in [0.1, 0.15) is 33.6 Å². The average Bonchev–Trinajstić information content (AvgIpc) is 2.20. The number of hydrogen-bond donors (Lipinski definition) is 2. The van der Waals surface area contributed by atoms with Crippen molar-refractivity contribution in [3.05, 3.63) is 0 Å². The highest BCUT2D eigenvalue weighted by Crippen LogP contribution is 2.22. The molecular weight excluding hydrogens is 188 g/mol. The zero-order chi connectivity index (χ0) is 11.5. The fourth-order valence-electron chi connectivity index (χ4n) is 1.88. The summed E-state index contributed by atoms with van der Waals surface area (Å²) in [5.74, 6) is 0.462. The van der Waals surface area contributed by atoms with Crippen LogP contribution in [0.4, 0.5) is 0 Å². The van der Waals surface area contributed by atoms with Crippen LogP contribution >= 0.6 is 0 Å². The summed E-state index contributed by atoms with van der Waals surface area (Å²) in [4.78, 5) is 2.36. The summed E-state index contributed by atoms with van der Waals surface area (Å²) < 4.78 is 0. The summed E-state index contributed by atoms with van der Waals surface area (Å²) in [6.45, 7) is 10.3. The Morgan fingerprint density at radius 1 is 1.47 bits per heavy atom. The van der Waals surface area contributed by atoms with Crippen molar-refractivity contribution in [3.63, 3.8) is 0 Å². The van der Waals surface area contributed by atoms with Gasteiger partial charge in [-0.15, -0.1) is 0 Å². The summed E-state index contributed by atoms with van der Waals surface area (Å²) in [5.41, 5.74) is 5.93. The highest BCUT2D eigenvalue weighted by atomic mass is 16.3. The predicted molar refractivity (Wildman–Crippen MR) is 63.7 cm³/mol. The molecule has 0 amide bonds. The molecule has 3 nitrogen and oxygen atoms in total. The molecule has 0 aromatic heterocycles. The predicted octanol–water partition coefficient (Wildman–Crippen LogP) is 1.06. The molecule has 3 heteroatoms. The van der Waals surface area contributed by atoms with Crippen LogP contribution < -0.4 is 5.73 Å². The van der Waals surface area contributed by atoms with Crippen LogP contribution in [0.3, 0.4) is 0 Å². The summed E-state index contributed by atoms with van der Waals surface area (Å²) in [7, 11) is 0. The SMILES string of the molecule is CC1CCN(CCC(C)(C)CN)CC1O. The number of aliphatic hydroxyl groups is 1. The van der Waals surface area contributed by atoms with Gasteiger partial charge in [0, 0.05) is 6.54 Å². The number of nitrogens with zero attached hydrogens (tertiary/aromatic N) is 1. The fourth-order valence-corrected chi connectivity index (χ4v) is 1.88. The van der Waals surface area contributed by atoms with E-state index in [0.29, 0.717) is 5.92 Å². The lowest BCUT2D eigenvalue weighted by molar-refractivity contribution is 0.0250. The average molecular weight is 214 g/mol. The lowest BCUT2D eigenvalue weighted by atomic mass is 9.88. The topological polar surface area (TPSA) is 49.5 Å². The minimum atomic E-state index is -0.139. The largest absolute Gasteiger partial charge is 0.392 e. The molecule has 1 fully saturated rings. The normalized spacial score (nSPS) is 29.4. The van der Waals surface area contributed by atoms with E-state index in [1.807, 2.05) is 0 Å². The minimum Gasteiger partial charge on any atom is -0.392 e. The fraction of sp³-hybridized carbons (Fsp3) is 1.00. The number of nitrogens with two attached hydrogens (primary N) is 1. The molecule has 1 rings (SSSR count). The Hall–Kier alpha value is -0.120. The van der Waals surface area contributed by atoms with Crippen molar-refractivity contribution in [1.82, 2.24) is 4.90 Å². The quantitative estimate of drug-likeness (QED) is 0.736. The van der Waals surface area contributed by atoms with E-state index in [1.54, 1.807) is 0 Å². The maximum absolute atomic E-state index is 9.77. The number of piperidine rings is 1. The second-order valence-corrected chi connectivity index (χ2v) is 5.75. The molecule has 0 aromatic carbocycles. The maximum atomic E-state index is 9.77. The molecule has 1 aliphatic heterocycles. The van der Waals surface area contributed by atoms with Gasteiger partial charge in [-0.2, -0.15) is 0 Å². The third-order valence-electron chi connectivity index (χ3n) is 3.66. The number of hydrogen-bond acceptors (Lipinski definition) is 3. The van der Waals surface area contributed by atoms with Crippen LogP contribution in [0.15, 0.2) is 0 Å². The van der Waals surface area contributed by atoms with E-state index in [4.69, 9.17) is 5.73 Å². The van der Waals surface area contributed by atoms with Crippen LogP contribution in [0, 0.1) is 11.3 Å². The molecule has 1 heterocycles. The van der Waals surface area contributed by atoms with Crippen LogP contribution in [0.25, 0.3) is 0 Å². The Kier molecular flexibility index (Phi) is 4.56. The van der Waals surface area contributed by atoms with Gasteiger partial charge in [-0.1, -0.05) is 20.8 Å². The zero-order valence-electron chi connectivity index (χ0n) is 10.4. The third kappa shape index (κ3) is 4.09. The van der Waals surface area contributed by atoms with E-state index >= 15 is 0 Å². The first kappa shape index (κ1) is 12.9. The number of rotatable bonds is 4. The summed E-state index contributed by atoms with van der Waals surface area (Å²) in [5, 5.41) is 9.77. The Balaban J connectivity index is 2.28. The lowest BCUT2D eigenvalue weighted by Gasteiger charge is -2.36. The number of aliphatic hydroxyl groups excluding tert-OH is 1. The van der Waals surface area contributed by atoms with Crippen LogP contribution in [0.5, 0.6) is 0 Å². The van der Waals surface area contributed by atoms with Crippen LogP contribution in [-0.2, 0) is 0 Å². The van der Waals surface area contributed by atoms with Gasteiger partial charge in [-0.3, -0.25) is 0 Å². The highest BCUT2D eigenvalue weighted by Gasteiger charge is 2.25. The standard InChI is InChI=1S/C12H26N2O/c1-10-4-6-14(8-11(10)15)7-5-12(2,3)9-13/h10-11,15H,4-9,13H2,1-3H3. The van der Waals surface area contributed by atoms with Gasteiger partial charge in [-0.25, -0.2) is 0 Å². The van der Waals surface area contributed by atoms with Gasteiger partial charge in [0.1, 0.15) is 0 Å². The first-order valence-corrected chi connectivity index (χ1v) is 6.05. The Morgan fingerprint density at radius 2 is 2.13 bits per heavy atom. The van der Waals surface area contributed by atoms with E-state index in [2.05, 4.69) is 25.7 Å². The molecule has 0 radical (unpaired) electrons. The first-order chi connectivity index (χ1) is 6.94.